The minimum Gasteiger partial charge on any atom is -0.336 e. The molecule has 0 aliphatic heterocycles. The molecule has 26 heavy (non-hydrogen) atoms. The summed E-state index contributed by atoms with van der Waals surface area (Å²) in [5.41, 5.74) is 1.60. The van der Waals surface area contributed by atoms with E-state index in [0.29, 0.717) is 18.7 Å². The summed E-state index contributed by atoms with van der Waals surface area (Å²) in [5, 5.41) is 8.93. The summed E-state index contributed by atoms with van der Waals surface area (Å²) in [6, 6.07) is 19.6. The van der Waals surface area contributed by atoms with Gasteiger partial charge in [0.2, 0.25) is 5.91 Å². The van der Waals surface area contributed by atoms with Crippen LogP contribution in [0, 0.1) is 11.3 Å². The van der Waals surface area contributed by atoms with Gasteiger partial charge in [-0.05, 0) is 50.8 Å². The third-order valence-corrected chi connectivity index (χ3v) is 5.06. The number of thioether (sulfide) groups is 1. The summed E-state index contributed by atoms with van der Waals surface area (Å²) in [6.45, 7) is 3.92. The Morgan fingerprint density at radius 1 is 1.12 bits per heavy atom. The van der Waals surface area contributed by atoms with Crippen LogP contribution in [0.4, 0.5) is 0 Å². The van der Waals surface area contributed by atoms with Crippen LogP contribution < -0.4 is 0 Å². The van der Waals surface area contributed by atoms with Gasteiger partial charge in [0.1, 0.15) is 0 Å². The first kappa shape index (κ1) is 20.0. The third-order valence-electron chi connectivity index (χ3n) is 3.96. The molecule has 0 aliphatic rings. The van der Waals surface area contributed by atoms with Crippen LogP contribution in [0.5, 0.6) is 0 Å². The minimum atomic E-state index is -0.168. The molecule has 0 aliphatic carbocycles. The Balaban J connectivity index is 2.11. The number of rotatable bonds is 8. The molecule has 4 nitrogen and oxygen atoms in total. The maximum Gasteiger partial charge on any atom is 0.236 e. The molecule has 0 radical (unpaired) electrons. The van der Waals surface area contributed by atoms with Crippen LogP contribution in [0.2, 0.25) is 0 Å². The Morgan fingerprint density at radius 3 is 2.50 bits per heavy atom. The lowest BCUT2D eigenvalue weighted by Crippen LogP contribution is -2.40. The number of hydrogen-bond donors (Lipinski definition) is 0. The molecule has 0 fully saturated rings. The van der Waals surface area contributed by atoms with Crippen LogP contribution in [0.1, 0.15) is 18.1 Å². The number of benzene rings is 2. The van der Waals surface area contributed by atoms with Gasteiger partial charge in [0.25, 0.3) is 0 Å². The van der Waals surface area contributed by atoms with Gasteiger partial charge in [0.05, 0.1) is 16.9 Å². The molecule has 2 aromatic carbocycles. The van der Waals surface area contributed by atoms with Crippen LogP contribution in [0.3, 0.4) is 0 Å². The third kappa shape index (κ3) is 6.21. The Labute approximate surface area is 160 Å². The van der Waals surface area contributed by atoms with Gasteiger partial charge in [-0.15, -0.1) is 11.8 Å². The molecule has 2 aromatic rings. The molecule has 0 saturated heterocycles. The van der Waals surface area contributed by atoms with Crippen molar-refractivity contribution >= 4 is 17.7 Å². The highest BCUT2D eigenvalue weighted by atomic mass is 32.2. The van der Waals surface area contributed by atoms with Crippen LogP contribution in [-0.4, -0.2) is 48.1 Å². The molecule has 1 amide bonds. The van der Waals surface area contributed by atoms with E-state index in [-0.39, 0.29) is 11.2 Å². The number of carbonyl (C=O) groups is 1. The van der Waals surface area contributed by atoms with Crippen molar-refractivity contribution in [1.29, 1.82) is 5.26 Å². The highest BCUT2D eigenvalue weighted by Crippen LogP contribution is 2.24. The van der Waals surface area contributed by atoms with Crippen molar-refractivity contribution in [2.75, 3.05) is 27.2 Å². The molecule has 1 atom stereocenters. The largest absolute Gasteiger partial charge is 0.336 e. The molecule has 0 spiro atoms. The van der Waals surface area contributed by atoms with Gasteiger partial charge in [-0.25, -0.2) is 0 Å². The van der Waals surface area contributed by atoms with Crippen molar-refractivity contribution in [2.45, 2.75) is 23.6 Å². The number of amides is 1. The van der Waals surface area contributed by atoms with E-state index in [0.717, 1.165) is 17.0 Å². The first-order chi connectivity index (χ1) is 12.5. The lowest BCUT2D eigenvalue weighted by molar-refractivity contribution is -0.131. The summed E-state index contributed by atoms with van der Waals surface area (Å²) in [7, 11) is 4.00. The van der Waals surface area contributed by atoms with Gasteiger partial charge in [-0.3, -0.25) is 4.79 Å². The average molecular weight is 368 g/mol. The van der Waals surface area contributed by atoms with Crippen LogP contribution in [0.15, 0.2) is 59.5 Å². The summed E-state index contributed by atoms with van der Waals surface area (Å²) < 4.78 is 0. The fourth-order valence-electron chi connectivity index (χ4n) is 2.56. The zero-order valence-electron chi connectivity index (χ0n) is 15.6. The number of likely N-dealkylation sites (N-methyl/N-ethyl adjacent to an activating group) is 1. The van der Waals surface area contributed by atoms with Crippen LogP contribution >= 0.6 is 11.8 Å². The van der Waals surface area contributed by atoms with Gasteiger partial charge >= 0.3 is 0 Å². The summed E-state index contributed by atoms with van der Waals surface area (Å²) in [6.07, 6.45) is 0. The van der Waals surface area contributed by atoms with E-state index in [1.807, 2.05) is 74.4 Å². The van der Waals surface area contributed by atoms with Crippen molar-refractivity contribution in [3.8, 4) is 6.07 Å². The van der Waals surface area contributed by atoms with Gasteiger partial charge < -0.3 is 9.80 Å². The fourth-order valence-corrected chi connectivity index (χ4v) is 3.53. The molecule has 2 rings (SSSR count). The number of hydrogen-bond acceptors (Lipinski definition) is 4. The molecule has 0 aromatic heterocycles. The molecule has 0 N–H and O–H groups in total. The van der Waals surface area contributed by atoms with Gasteiger partial charge in [-0.1, -0.05) is 30.3 Å². The molecule has 0 bridgehead atoms. The Hall–Kier alpha value is -2.29. The second-order valence-corrected chi connectivity index (χ2v) is 7.86. The topological polar surface area (TPSA) is 47.3 Å². The van der Waals surface area contributed by atoms with Gasteiger partial charge in [0, 0.05) is 24.5 Å². The Kier molecular flexibility index (Phi) is 7.71. The van der Waals surface area contributed by atoms with E-state index in [2.05, 4.69) is 11.0 Å². The average Bonchev–Trinajstić information content (AvgIpc) is 2.65. The molecule has 136 valence electrons. The smallest absolute Gasteiger partial charge is 0.236 e. The minimum absolute atomic E-state index is 0.114. The van der Waals surface area contributed by atoms with Crippen molar-refractivity contribution < 1.29 is 4.79 Å². The van der Waals surface area contributed by atoms with Crippen molar-refractivity contribution in [2.24, 2.45) is 0 Å². The summed E-state index contributed by atoms with van der Waals surface area (Å²) in [4.78, 5) is 18.1. The number of nitrogens with zero attached hydrogens (tertiary/aromatic N) is 3. The second kappa shape index (κ2) is 10.0. The molecular weight excluding hydrogens is 342 g/mol. The van der Waals surface area contributed by atoms with Crippen LogP contribution in [0.25, 0.3) is 0 Å². The summed E-state index contributed by atoms with van der Waals surface area (Å²) >= 11 is 1.58. The monoisotopic (exact) mass is 367 g/mol. The molecule has 0 heterocycles. The van der Waals surface area contributed by atoms with Gasteiger partial charge in [0.15, 0.2) is 0 Å². The van der Waals surface area contributed by atoms with Crippen molar-refractivity contribution in [3.63, 3.8) is 0 Å². The normalized spacial score (nSPS) is 11.8. The predicted molar refractivity (Wildman–Crippen MR) is 107 cm³/mol. The van der Waals surface area contributed by atoms with E-state index < -0.39 is 0 Å². The van der Waals surface area contributed by atoms with Crippen LogP contribution in [-0.2, 0) is 11.3 Å². The van der Waals surface area contributed by atoms with E-state index >= 15 is 0 Å². The highest BCUT2D eigenvalue weighted by molar-refractivity contribution is 8.00. The van der Waals surface area contributed by atoms with Gasteiger partial charge in [-0.2, -0.15) is 5.26 Å². The lowest BCUT2D eigenvalue weighted by Gasteiger charge is -2.27. The van der Waals surface area contributed by atoms with E-state index in [1.54, 1.807) is 17.8 Å². The number of carbonyl (C=O) groups excluding carboxylic acids is 1. The SMILES string of the molecule is CC(Sc1ccccc1)C(=O)N(CCN(C)C)Cc1cccc(C#N)c1. The lowest BCUT2D eigenvalue weighted by atomic mass is 10.1. The second-order valence-electron chi connectivity index (χ2n) is 6.45. The van der Waals surface area contributed by atoms with Crippen molar-refractivity contribution in [1.82, 2.24) is 9.80 Å². The summed E-state index contributed by atoms with van der Waals surface area (Å²) in [5.74, 6) is 0.114. The zero-order valence-corrected chi connectivity index (χ0v) is 16.4. The maximum atomic E-state index is 13.0. The Morgan fingerprint density at radius 2 is 1.85 bits per heavy atom. The highest BCUT2D eigenvalue weighted by Gasteiger charge is 2.22. The Bertz CT molecular complexity index is 755. The quantitative estimate of drug-likeness (QED) is 0.669. The van der Waals surface area contributed by atoms with E-state index in [4.69, 9.17) is 5.26 Å². The fraction of sp³-hybridized carbons (Fsp3) is 0.333. The first-order valence-corrected chi connectivity index (χ1v) is 9.52. The molecule has 0 saturated carbocycles. The van der Waals surface area contributed by atoms with E-state index in [9.17, 15) is 4.79 Å². The molecule has 5 heteroatoms. The van der Waals surface area contributed by atoms with E-state index in [1.165, 1.54) is 0 Å². The predicted octanol–water partition coefficient (Wildman–Crippen LogP) is 3.63. The maximum absolute atomic E-state index is 13.0. The first-order valence-electron chi connectivity index (χ1n) is 8.64. The zero-order chi connectivity index (χ0) is 18.9. The van der Waals surface area contributed by atoms with Crippen molar-refractivity contribution in [3.05, 3.63) is 65.7 Å². The number of nitriles is 1. The molecule has 1 unspecified atom stereocenters. The standard InChI is InChI=1S/C21H25N3OS/c1-17(26-20-10-5-4-6-11-20)21(25)24(13-12-23(2)3)16-19-9-7-8-18(14-19)15-22/h4-11,14,17H,12-13,16H2,1-3H3. The molecular formula is C21H25N3OS.